The Morgan fingerprint density at radius 2 is 2.21 bits per heavy atom. The minimum atomic E-state index is 0.0284. The summed E-state index contributed by atoms with van der Waals surface area (Å²) < 4.78 is 1.92. The lowest BCUT2D eigenvalue weighted by Gasteiger charge is -2.23. The zero-order valence-corrected chi connectivity index (χ0v) is 12.1. The van der Waals surface area contributed by atoms with E-state index < -0.39 is 0 Å². The molecule has 0 saturated carbocycles. The number of nitrogens with zero attached hydrogens (tertiary/aromatic N) is 3. The molecule has 0 aliphatic carbocycles. The van der Waals surface area contributed by atoms with Crippen LogP contribution >= 0.6 is 0 Å². The average molecular weight is 264 g/mol. The van der Waals surface area contributed by atoms with Crippen LogP contribution in [0.5, 0.6) is 0 Å². The fourth-order valence-electron chi connectivity index (χ4n) is 2.46. The van der Waals surface area contributed by atoms with Gasteiger partial charge in [0.1, 0.15) is 5.82 Å². The molecule has 19 heavy (non-hydrogen) atoms. The van der Waals surface area contributed by atoms with Crippen LogP contribution in [0.1, 0.15) is 38.9 Å². The molecule has 106 valence electrons. The molecule has 2 amide bonds. The first-order valence-corrected chi connectivity index (χ1v) is 6.97. The highest BCUT2D eigenvalue weighted by Crippen LogP contribution is 2.29. The van der Waals surface area contributed by atoms with Gasteiger partial charge in [-0.1, -0.05) is 13.8 Å². The van der Waals surface area contributed by atoms with Crippen molar-refractivity contribution in [2.75, 3.05) is 13.1 Å². The van der Waals surface area contributed by atoms with Crippen LogP contribution in [0, 0.1) is 5.41 Å². The molecule has 0 spiro atoms. The molecule has 0 unspecified atom stereocenters. The van der Waals surface area contributed by atoms with Gasteiger partial charge in [0.05, 0.1) is 6.54 Å². The lowest BCUT2D eigenvalue weighted by molar-refractivity contribution is 0.196. The second kappa shape index (κ2) is 5.63. The molecule has 1 aromatic rings. The summed E-state index contributed by atoms with van der Waals surface area (Å²) in [5.74, 6) is 0.878. The predicted molar refractivity (Wildman–Crippen MR) is 74.6 cm³/mol. The van der Waals surface area contributed by atoms with Crippen LogP contribution in [-0.4, -0.2) is 33.6 Å². The van der Waals surface area contributed by atoms with E-state index in [9.17, 15) is 4.79 Å². The van der Waals surface area contributed by atoms with Crippen molar-refractivity contribution in [1.82, 2.24) is 19.8 Å². The van der Waals surface area contributed by atoms with Gasteiger partial charge in [-0.3, -0.25) is 0 Å². The van der Waals surface area contributed by atoms with Crippen molar-refractivity contribution in [3.05, 3.63) is 18.2 Å². The Morgan fingerprint density at radius 1 is 1.42 bits per heavy atom. The van der Waals surface area contributed by atoms with Gasteiger partial charge in [0, 0.05) is 32.5 Å². The minimum Gasteiger partial charge on any atom is -0.337 e. The maximum Gasteiger partial charge on any atom is 0.317 e. The van der Waals surface area contributed by atoms with Gasteiger partial charge in [-0.2, -0.15) is 0 Å². The van der Waals surface area contributed by atoms with Crippen molar-refractivity contribution in [3.8, 4) is 0 Å². The number of amides is 2. The summed E-state index contributed by atoms with van der Waals surface area (Å²) in [6.07, 6.45) is 6.98. The fourth-order valence-corrected chi connectivity index (χ4v) is 2.46. The quantitative estimate of drug-likeness (QED) is 0.889. The average Bonchev–Trinajstić information content (AvgIpc) is 2.66. The Balaban J connectivity index is 1.85. The maximum atomic E-state index is 12.1. The van der Waals surface area contributed by atoms with Gasteiger partial charge in [-0.25, -0.2) is 9.78 Å². The molecule has 0 atom stereocenters. The van der Waals surface area contributed by atoms with E-state index in [0.717, 1.165) is 31.8 Å². The molecule has 2 rings (SSSR count). The van der Waals surface area contributed by atoms with E-state index in [1.165, 1.54) is 6.42 Å². The highest BCUT2D eigenvalue weighted by Gasteiger charge is 2.25. The first kappa shape index (κ1) is 13.9. The number of hydrogen-bond acceptors (Lipinski definition) is 2. The Hall–Kier alpha value is -1.52. The molecule has 1 N–H and O–H groups in total. The van der Waals surface area contributed by atoms with Crippen LogP contribution < -0.4 is 5.32 Å². The Morgan fingerprint density at radius 3 is 2.89 bits per heavy atom. The Labute approximate surface area is 115 Å². The minimum absolute atomic E-state index is 0.0284. The number of imidazole rings is 1. The number of urea groups is 1. The molecule has 1 fully saturated rings. The summed E-state index contributed by atoms with van der Waals surface area (Å²) in [4.78, 5) is 18.3. The summed E-state index contributed by atoms with van der Waals surface area (Å²) in [7, 11) is 1.93. The van der Waals surface area contributed by atoms with Crippen LogP contribution in [0.25, 0.3) is 0 Å². The standard InChI is InChI=1S/C14H24N4O/c1-14(2)5-4-8-18(9-6-14)13(19)16-11-12-15-7-10-17(12)3/h7,10H,4-6,8-9,11H2,1-3H3,(H,16,19). The lowest BCUT2D eigenvalue weighted by Crippen LogP contribution is -2.40. The van der Waals surface area contributed by atoms with Gasteiger partial charge in [0.25, 0.3) is 0 Å². The molecule has 2 heterocycles. The number of rotatable bonds is 2. The summed E-state index contributed by atoms with van der Waals surface area (Å²) in [6.45, 7) is 6.75. The largest absolute Gasteiger partial charge is 0.337 e. The summed E-state index contributed by atoms with van der Waals surface area (Å²) in [6, 6.07) is 0.0284. The van der Waals surface area contributed by atoms with Crippen molar-refractivity contribution in [3.63, 3.8) is 0 Å². The number of nitrogens with one attached hydrogen (secondary N) is 1. The van der Waals surface area contributed by atoms with Crippen molar-refractivity contribution < 1.29 is 4.79 Å². The third kappa shape index (κ3) is 3.72. The van der Waals surface area contributed by atoms with E-state index >= 15 is 0 Å². The van der Waals surface area contributed by atoms with Crippen molar-refractivity contribution in [2.45, 2.75) is 39.7 Å². The molecule has 5 heteroatoms. The van der Waals surface area contributed by atoms with E-state index in [-0.39, 0.29) is 6.03 Å². The van der Waals surface area contributed by atoms with Crippen molar-refractivity contribution >= 4 is 6.03 Å². The van der Waals surface area contributed by atoms with Gasteiger partial charge >= 0.3 is 6.03 Å². The third-order valence-corrected chi connectivity index (χ3v) is 3.95. The monoisotopic (exact) mass is 264 g/mol. The van der Waals surface area contributed by atoms with Gasteiger partial charge in [0.2, 0.25) is 0 Å². The second-order valence-corrected chi connectivity index (χ2v) is 6.12. The smallest absolute Gasteiger partial charge is 0.317 e. The second-order valence-electron chi connectivity index (χ2n) is 6.12. The zero-order chi connectivity index (χ0) is 13.9. The maximum absolute atomic E-state index is 12.1. The van der Waals surface area contributed by atoms with Crippen LogP contribution in [0.4, 0.5) is 4.79 Å². The highest BCUT2D eigenvalue weighted by atomic mass is 16.2. The first-order valence-electron chi connectivity index (χ1n) is 6.97. The summed E-state index contributed by atoms with van der Waals surface area (Å²) in [5.41, 5.74) is 0.356. The van der Waals surface area contributed by atoms with Crippen LogP contribution in [-0.2, 0) is 13.6 Å². The summed E-state index contributed by atoms with van der Waals surface area (Å²) in [5, 5.41) is 2.95. The zero-order valence-electron chi connectivity index (χ0n) is 12.1. The topological polar surface area (TPSA) is 50.2 Å². The van der Waals surface area contributed by atoms with Gasteiger partial charge in [0.15, 0.2) is 0 Å². The molecule has 0 bridgehead atoms. The molecule has 1 aromatic heterocycles. The van der Waals surface area contributed by atoms with Crippen LogP contribution in [0.3, 0.4) is 0 Å². The molecule has 1 saturated heterocycles. The van der Waals surface area contributed by atoms with E-state index in [2.05, 4.69) is 24.1 Å². The number of likely N-dealkylation sites (tertiary alicyclic amines) is 1. The first-order chi connectivity index (χ1) is 8.98. The normalized spacial score (nSPS) is 19.0. The van der Waals surface area contributed by atoms with E-state index in [4.69, 9.17) is 0 Å². The summed E-state index contributed by atoms with van der Waals surface area (Å²) >= 11 is 0. The molecule has 1 aliphatic rings. The number of carbonyl (C=O) groups is 1. The van der Waals surface area contributed by atoms with Crippen LogP contribution in [0.15, 0.2) is 12.4 Å². The lowest BCUT2D eigenvalue weighted by atomic mass is 9.85. The van der Waals surface area contributed by atoms with Gasteiger partial charge < -0.3 is 14.8 Å². The van der Waals surface area contributed by atoms with E-state index in [1.54, 1.807) is 6.20 Å². The SMILES string of the molecule is Cn1ccnc1CNC(=O)N1CCCC(C)(C)CC1. The van der Waals surface area contributed by atoms with Crippen molar-refractivity contribution in [1.29, 1.82) is 0 Å². The molecular weight excluding hydrogens is 240 g/mol. The Kier molecular flexibility index (Phi) is 4.12. The molecule has 5 nitrogen and oxygen atoms in total. The van der Waals surface area contributed by atoms with E-state index in [1.807, 2.05) is 22.7 Å². The fraction of sp³-hybridized carbons (Fsp3) is 0.714. The highest BCUT2D eigenvalue weighted by molar-refractivity contribution is 5.74. The van der Waals surface area contributed by atoms with Crippen molar-refractivity contribution in [2.24, 2.45) is 12.5 Å². The number of aryl methyl sites for hydroxylation is 1. The van der Waals surface area contributed by atoms with Gasteiger partial charge in [-0.05, 0) is 24.7 Å². The Bertz CT molecular complexity index is 438. The molecule has 0 radical (unpaired) electrons. The van der Waals surface area contributed by atoms with E-state index in [0.29, 0.717) is 12.0 Å². The van der Waals surface area contributed by atoms with Crippen LogP contribution in [0.2, 0.25) is 0 Å². The number of carbonyl (C=O) groups excluding carboxylic acids is 1. The molecule has 1 aliphatic heterocycles. The molecule has 0 aromatic carbocycles. The van der Waals surface area contributed by atoms with Gasteiger partial charge in [-0.15, -0.1) is 0 Å². The number of aromatic nitrogens is 2. The predicted octanol–water partition coefficient (Wildman–Crippen LogP) is 2.14. The third-order valence-electron chi connectivity index (χ3n) is 3.95. The number of hydrogen-bond donors (Lipinski definition) is 1. The molecular formula is C14H24N4O.